The van der Waals surface area contributed by atoms with Crippen LogP contribution in [0.5, 0.6) is 0 Å². The summed E-state index contributed by atoms with van der Waals surface area (Å²) in [6, 6.07) is 14.7. The van der Waals surface area contributed by atoms with Crippen molar-refractivity contribution >= 4 is 29.7 Å². The third kappa shape index (κ3) is 9.29. The standard InChI is InChI=1S/C34H45N5O7/c1-34(2,3)46-33(45)37-26-16-15-24(40)20-23-14-18-27(39(23)32(26)44)31(43)36-25(17-19-28(35)41)30(42)38-29(21-10-6-4-7-11-21)22-12-8-5-9-13-22/h4-13,23-27,29,40H,14-20H2,1-3H3,(H2,35,41)(H,36,43)(H,37,45)(H,38,42)/t23-,24-,25+,26?,27+/m1/s1. The van der Waals surface area contributed by atoms with Gasteiger partial charge in [-0.25, -0.2) is 4.79 Å². The lowest BCUT2D eigenvalue weighted by molar-refractivity contribution is -0.144. The predicted octanol–water partition coefficient (Wildman–Crippen LogP) is 2.44. The van der Waals surface area contributed by atoms with Gasteiger partial charge in [0.2, 0.25) is 23.6 Å². The molecule has 2 fully saturated rings. The van der Waals surface area contributed by atoms with E-state index in [4.69, 9.17) is 10.5 Å². The van der Waals surface area contributed by atoms with E-state index in [1.807, 2.05) is 60.7 Å². The number of alkyl carbamates (subject to hydrolysis) is 1. The van der Waals surface area contributed by atoms with Crippen molar-refractivity contribution in [3.8, 4) is 0 Å². The van der Waals surface area contributed by atoms with E-state index in [0.29, 0.717) is 19.3 Å². The summed E-state index contributed by atoms with van der Waals surface area (Å²) >= 11 is 0. The van der Waals surface area contributed by atoms with Gasteiger partial charge in [0.15, 0.2) is 0 Å². The highest BCUT2D eigenvalue weighted by atomic mass is 16.6. The van der Waals surface area contributed by atoms with Crippen molar-refractivity contribution in [2.75, 3.05) is 0 Å². The van der Waals surface area contributed by atoms with Crippen molar-refractivity contribution in [2.45, 2.75) is 108 Å². The number of carbonyl (C=O) groups excluding carboxylic acids is 5. The lowest BCUT2D eigenvalue weighted by atomic mass is 9.96. The Hall–Kier alpha value is -4.45. The van der Waals surface area contributed by atoms with Crippen LogP contribution in [0.2, 0.25) is 0 Å². The molecule has 4 rings (SSSR count). The fraction of sp³-hybridized carbons (Fsp3) is 0.500. The molecule has 12 heteroatoms. The number of benzene rings is 2. The minimum atomic E-state index is -1.12. The summed E-state index contributed by atoms with van der Waals surface area (Å²) < 4.78 is 5.35. The average molecular weight is 636 g/mol. The van der Waals surface area contributed by atoms with E-state index in [2.05, 4.69) is 16.0 Å². The number of nitrogens with one attached hydrogen (secondary N) is 3. The number of carbonyl (C=O) groups is 5. The van der Waals surface area contributed by atoms with Gasteiger partial charge in [-0.2, -0.15) is 0 Å². The molecule has 2 aromatic rings. The number of primary amides is 1. The smallest absolute Gasteiger partial charge is 0.408 e. The van der Waals surface area contributed by atoms with Crippen LogP contribution in [-0.2, 0) is 23.9 Å². The SMILES string of the molecule is CC(C)(C)OC(=O)NC1CC[C@@H](O)C[C@H]2CC[C@@H](C(=O)N[C@@H](CCC(N)=O)C(=O)NC(c3ccccc3)c3ccccc3)N2C1=O. The molecule has 2 saturated heterocycles. The second-order valence-electron chi connectivity index (χ2n) is 13.0. The van der Waals surface area contributed by atoms with Crippen LogP contribution in [0.15, 0.2) is 60.7 Å². The first-order valence-corrected chi connectivity index (χ1v) is 15.8. The fourth-order valence-corrected chi connectivity index (χ4v) is 6.10. The number of ether oxygens (including phenoxy) is 1. The first-order valence-electron chi connectivity index (χ1n) is 15.8. The molecule has 0 aromatic heterocycles. The number of aliphatic hydroxyl groups excluding tert-OH is 1. The van der Waals surface area contributed by atoms with Gasteiger partial charge in [0.05, 0.1) is 12.1 Å². The molecule has 46 heavy (non-hydrogen) atoms. The molecule has 1 unspecified atom stereocenters. The number of nitrogens with zero attached hydrogens (tertiary/aromatic N) is 1. The zero-order chi connectivity index (χ0) is 33.4. The summed E-state index contributed by atoms with van der Waals surface area (Å²) in [6.45, 7) is 5.12. The maximum absolute atomic E-state index is 13.9. The number of aliphatic hydroxyl groups is 1. The molecule has 0 aliphatic carbocycles. The second kappa shape index (κ2) is 15.2. The minimum absolute atomic E-state index is 0.0468. The van der Waals surface area contributed by atoms with Crippen LogP contribution in [0.4, 0.5) is 4.79 Å². The monoisotopic (exact) mass is 635 g/mol. The molecule has 12 nitrogen and oxygen atoms in total. The van der Waals surface area contributed by atoms with Crippen LogP contribution < -0.4 is 21.7 Å². The Kier molecular flexibility index (Phi) is 11.4. The van der Waals surface area contributed by atoms with Crippen molar-refractivity contribution < 1.29 is 33.8 Å². The summed E-state index contributed by atoms with van der Waals surface area (Å²) in [5, 5.41) is 19.1. The third-order valence-corrected chi connectivity index (χ3v) is 8.25. The molecule has 0 bridgehead atoms. The number of rotatable bonds is 10. The average Bonchev–Trinajstić information content (AvgIpc) is 3.41. The highest BCUT2D eigenvalue weighted by molar-refractivity contribution is 5.95. The maximum Gasteiger partial charge on any atom is 0.408 e. The minimum Gasteiger partial charge on any atom is -0.444 e. The summed E-state index contributed by atoms with van der Waals surface area (Å²) in [5.74, 6) is -2.16. The number of amides is 5. The van der Waals surface area contributed by atoms with E-state index in [9.17, 15) is 29.1 Å². The topological polar surface area (TPSA) is 180 Å². The highest BCUT2D eigenvalue weighted by Gasteiger charge is 2.46. The normalized spacial score (nSPS) is 22.2. The molecule has 2 aliphatic rings. The van der Waals surface area contributed by atoms with Gasteiger partial charge in [0, 0.05) is 12.5 Å². The van der Waals surface area contributed by atoms with Crippen LogP contribution in [0.1, 0.15) is 82.9 Å². The van der Waals surface area contributed by atoms with Crippen molar-refractivity contribution in [3.05, 3.63) is 71.8 Å². The van der Waals surface area contributed by atoms with E-state index < -0.39 is 71.6 Å². The molecule has 248 valence electrons. The number of hydrogen-bond acceptors (Lipinski definition) is 7. The number of fused-ring (bicyclic) bond motifs is 1. The third-order valence-electron chi connectivity index (χ3n) is 8.25. The summed E-state index contributed by atoms with van der Waals surface area (Å²) in [4.78, 5) is 67.2. The Bertz CT molecular complexity index is 1340. The zero-order valence-corrected chi connectivity index (χ0v) is 26.6. The molecule has 2 heterocycles. The zero-order valence-electron chi connectivity index (χ0n) is 26.6. The molecule has 2 aromatic carbocycles. The molecule has 6 N–H and O–H groups in total. The summed E-state index contributed by atoms with van der Waals surface area (Å²) in [7, 11) is 0. The van der Waals surface area contributed by atoms with Crippen LogP contribution in [0, 0.1) is 0 Å². The van der Waals surface area contributed by atoms with E-state index >= 15 is 0 Å². The molecule has 5 atom stereocenters. The summed E-state index contributed by atoms with van der Waals surface area (Å²) in [6.07, 6.45) is -0.181. The van der Waals surface area contributed by atoms with Gasteiger partial charge >= 0.3 is 6.09 Å². The van der Waals surface area contributed by atoms with Crippen molar-refractivity contribution in [2.24, 2.45) is 5.73 Å². The molecule has 0 spiro atoms. The van der Waals surface area contributed by atoms with Gasteiger partial charge < -0.3 is 36.4 Å². The molecular formula is C34H45N5O7. The Labute approximate surface area is 269 Å². The van der Waals surface area contributed by atoms with Gasteiger partial charge in [-0.1, -0.05) is 60.7 Å². The van der Waals surface area contributed by atoms with Crippen LogP contribution in [0.3, 0.4) is 0 Å². The van der Waals surface area contributed by atoms with E-state index in [-0.39, 0.29) is 25.7 Å². The van der Waals surface area contributed by atoms with Crippen molar-refractivity contribution in [3.63, 3.8) is 0 Å². The van der Waals surface area contributed by atoms with E-state index in [1.165, 1.54) is 4.90 Å². The predicted molar refractivity (Wildman–Crippen MR) is 170 cm³/mol. The van der Waals surface area contributed by atoms with Crippen LogP contribution in [0.25, 0.3) is 0 Å². The van der Waals surface area contributed by atoms with Gasteiger partial charge in [-0.05, 0) is 70.4 Å². The molecule has 5 amide bonds. The van der Waals surface area contributed by atoms with Gasteiger partial charge in [0.1, 0.15) is 23.7 Å². The van der Waals surface area contributed by atoms with E-state index in [1.54, 1.807) is 20.8 Å². The van der Waals surface area contributed by atoms with Gasteiger partial charge in [-0.15, -0.1) is 0 Å². The molecule has 2 aliphatic heterocycles. The molecule has 0 radical (unpaired) electrons. The Morgan fingerprint density at radius 1 is 0.935 bits per heavy atom. The lowest BCUT2D eigenvalue weighted by Gasteiger charge is -2.37. The highest BCUT2D eigenvalue weighted by Crippen LogP contribution is 2.32. The Morgan fingerprint density at radius 3 is 2.11 bits per heavy atom. The Balaban J connectivity index is 1.54. The first kappa shape index (κ1) is 34.4. The largest absolute Gasteiger partial charge is 0.444 e. The maximum atomic E-state index is 13.9. The molecule has 0 saturated carbocycles. The summed E-state index contributed by atoms with van der Waals surface area (Å²) in [5.41, 5.74) is 6.29. The quantitative estimate of drug-likeness (QED) is 0.266. The van der Waals surface area contributed by atoms with Gasteiger partial charge in [0.25, 0.3) is 0 Å². The van der Waals surface area contributed by atoms with Crippen molar-refractivity contribution in [1.82, 2.24) is 20.9 Å². The first-order chi connectivity index (χ1) is 21.8. The fourth-order valence-electron chi connectivity index (χ4n) is 6.10. The Morgan fingerprint density at radius 2 is 1.54 bits per heavy atom. The van der Waals surface area contributed by atoms with Crippen molar-refractivity contribution in [1.29, 1.82) is 0 Å². The number of nitrogens with two attached hydrogens (primary N) is 1. The van der Waals surface area contributed by atoms with E-state index in [0.717, 1.165) is 11.1 Å². The second-order valence-corrected chi connectivity index (χ2v) is 13.0. The lowest BCUT2D eigenvalue weighted by Crippen LogP contribution is -2.59. The van der Waals surface area contributed by atoms with Crippen LogP contribution in [-0.4, -0.2) is 75.6 Å². The van der Waals surface area contributed by atoms with Crippen LogP contribution >= 0.6 is 0 Å². The molecular weight excluding hydrogens is 590 g/mol. The number of hydrogen-bond donors (Lipinski definition) is 5. The van der Waals surface area contributed by atoms with Gasteiger partial charge in [-0.3, -0.25) is 19.2 Å².